The summed E-state index contributed by atoms with van der Waals surface area (Å²) in [6.07, 6.45) is 0.586. The Morgan fingerprint density at radius 2 is 1.66 bits per heavy atom. The van der Waals surface area contributed by atoms with Crippen LogP contribution in [-0.2, 0) is 19.7 Å². The number of anilines is 1. The summed E-state index contributed by atoms with van der Waals surface area (Å²) in [5, 5.41) is 4.27. The zero-order valence-electron chi connectivity index (χ0n) is 21.4. The summed E-state index contributed by atoms with van der Waals surface area (Å²) in [6, 6.07) is 19.0. The van der Waals surface area contributed by atoms with Crippen molar-refractivity contribution in [2.45, 2.75) is 45.1 Å². The maximum absolute atomic E-state index is 14.2. The van der Waals surface area contributed by atoms with E-state index in [1.165, 1.54) is 6.07 Å². The van der Waals surface area contributed by atoms with E-state index in [-0.39, 0.29) is 5.97 Å². The van der Waals surface area contributed by atoms with Crippen LogP contribution in [0.25, 0.3) is 21.6 Å². The number of rotatable bonds is 8. The number of carbonyl (C=O) groups is 2. The highest BCUT2D eigenvalue weighted by atomic mass is 32.1. The molecule has 2 heterocycles. The predicted molar refractivity (Wildman–Crippen MR) is 150 cm³/mol. The van der Waals surface area contributed by atoms with Gasteiger partial charge < -0.3 is 9.47 Å². The standard InChI is InChI=1S/C30H28FNO4S2/c1-4-35-28(33)30(14-15-30)23-11-9-21(10-12-23)20-5-7-22(8-6-20)27-25(17-26(31)38-27)32-29(34)36-18(2)24-13-16-37-19(24)3/h5-13,16-18H,4,14-15H2,1-3H3,(H,32,34). The minimum atomic E-state index is -0.630. The second-order valence-corrected chi connectivity index (χ2v) is 11.5. The van der Waals surface area contributed by atoms with Crippen molar-refractivity contribution >= 4 is 40.4 Å². The number of hydrogen-bond acceptors (Lipinski definition) is 6. The van der Waals surface area contributed by atoms with Crippen LogP contribution in [0.2, 0.25) is 0 Å². The lowest BCUT2D eigenvalue weighted by Crippen LogP contribution is -2.23. The molecule has 1 fully saturated rings. The lowest BCUT2D eigenvalue weighted by molar-refractivity contribution is -0.146. The zero-order valence-corrected chi connectivity index (χ0v) is 23.0. The fourth-order valence-corrected chi connectivity index (χ4v) is 6.28. The number of carbonyl (C=O) groups excluding carboxylic acids is 2. The molecule has 0 bridgehead atoms. The first-order valence-corrected chi connectivity index (χ1v) is 14.2. The molecule has 5 nitrogen and oxygen atoms in total. The van der Waals surface area contributed by atoms with Gasteiger partial charge in [-0.05, 0) is 67.3 Å². The molecule has 1 aliphatic rings. The Balaban J connectivity index is 1.29. The van der Waals surface area contributed by atoms with Crippen LogP contribution in [0.5, 0.6) is 0 Å². The monoisotopic (exact) mass is 549 g/mol. The number of esters is 1. The molecule has 8 heteroatoms. The Morgan fingerprint density at radius 3 is 2.24 bits per heavy atom. The maximum atomic E-state index is 14.2. The molecule has 0 spiro atoms. The van der Waals surface area contributed by atoms with E-state index in [4.69, 9.17) is 9.47 Å². The Bertz CT molecular complexity index is 1450. The highest BCUT2D eigenvalue weighted by Crippen LogP contribution is 2.49. The molecule has 5 rings (SSSR count). The van der Waals surface area contributed by atoms with Gasteiger partial charge in [0, 0.05) is 16.5 Å². The fraction of sp³-hybridized carbons (Fsp3) is 0.267. The first-order chi connectivity index (χ1) is 18.3. The van der Waals surface area contributed by atoms with E-state index in [1.54, 1.807) is 11.3 Å². The summed E-state index contributed by atoms with van der Waals surface area (Å²) in [5.41, 5.74) is 4.61. The summed E-state index contributed by atoms with van der Waals surface area (Å²) in [5.74, 6) is -0.149. The fourth-order valence-electron chi connectivity index (χ4n) is 4.65. The van der Waals surface area contributed by atoms with E-state index in [9.17, 15) is 14.0 Å². The Labute approximate surface area is 229 Å². The van der Waals surface area contributed by atoms with Crippen molar-refractivity contribution in [3.05, 3.63) is 87.2 Å². The number of amides is 1. The minimum Gasteiger partial charge on any atom is -0.465 e. The van der Waals surface area contributed by atoms with Crippen molar-refractivity contribution < 1.29 is 23.5 Å². The van der Waals surface area contributed by atoms with E-state index in [0.717, 1.165) is 56.9 Å². The van der Waals surface area contributed by atoms with Crippen molar-refractivity contribution in [3.8, 4) is 21.6 Å². The summed E-state index contributed by atoms with van der Waals surface area (Å²) >= 11 is 2.56. The second kappa shape index (κ2) is 10.7. The van der Waals surface area contributed by atoms with Crippen LogP contribution in [0.1, 0.15) is 48.8 Å². The van der Waals surface area contributed by atoms with Crippen LogP contribution in [0.3, 0.4) is 0 Å². The van der Waals surface area contributed by atoms with Gasteiger partial charge in [-0.15, -0.1) is 22.7 Å². The third-order valence-electron chi connectivity index (χ3n) is 6.89. The van der Waals surface area contributed by atoms with Crippen molar-refractivity contribution in [2.24, 2.45) is 0 Å². The largest absolute Gasteiger partial charge is 0.465 e. The number of benzene rings is 2. The molecule has 1 unspecified atom stereocenters. The van der Waals surface area contributed by atoms with Crippen LogP contribution in [0, 0.1) is 12.1 Å². The van der Waals surface area contributed by atoms with Crippen molar-refractivity contribution in [1.82, 2.24) is 0 Å². The van der Waals surface area contributed by atoms with E-state index >= 15 is 0 Å². The molecule has 2 aromatic heterocycles. The molecule has 1 amide bonds. The molecular formula is C30H28FNO4S2. The third kappa shape index (κ3) is 5.24. The lowest BCUT2D eigenvalue weighted by Gasteiger charge is -2.15. The molecular weight excluding hydrogens is 521 g/mol. The first kappa shape index (κ1) is 26.1. The third-order valence-corrected chi connectivity index (χ3v) is 8.73. The van der Waals surface area contributed by atoms with Gasteiger partial charge in [-0.3, -0.25) is 10.1 Å². The second-order valence-electron chi connectivity index (χ2n) is 9.36. The minimum absolute atomic E-state index is 0.149. The summed E-state index contributed by atoms with van der Waals surface area (Å²) in [4.78, 5) is 26.7. The quantitative estimate of drug-likeness (QED) is 0.224. The van der Waals surface area contributed by atoms with Gasteiger partial charge in [0.2, 0.25) is 0 Å². The van der Waals surface area contributed by atoms with E-state index in [0.29, 0.717) is 17.2 Å². The van der Waals surface area contributed by atoms with Gasteiger partial charge in [0.1, 0.15) is 6.10 Å². The predicted octanol–water partition coefficient (Wildman–Crippen LogP) is 8.50. The molecule has 196 valence electrons. The SMILES string of the molecule is CCOC(=O)C1(c2ccc(-c3ccc(-c4sc(F)cc4NC(=O)OC(C)c4ccsc4C)cc3)cc2)CC1. The van der Waals surface area contributed by atoms with Crippen LogP contribution in [-0.4, -0.2) is 18.7 Å². The Hall–Kier alpha value is -3.49. The van der Waals surface area contributed by atoms with Crippen LogP contribution < -0.4 is 5.32 Å². The number of ether oxygens (including phenoxy) is 2. The van der Waals surface area contributed by atoms with Crippen molar-refractivity contribution in [1.29, 1.82) is 0 Å². The molecule has 1 saturated carbocycles. The van der Waals surface area contributed by atoms with Gasteiger partial charge in [0.25, 0.3) is 0 Å². The molecule has 38 heavy (non-hydrogen) atoms. The number of hydrogen-bond donors (Lipinski definition) is 1. The van der Waals surface area contributed by atoms with Gasteiger partial charge in [-0.25, -0.2) is 4.79 Å². The van der Waals surface area contributed by atoms with Crippen LogP contribution in [0.4, 0.5) is 14.9 Å². The van der Waals surface area contributed by atoms with E-state index in [1.807, 2.05) is 80.7 Å². The number of halogens is 1. The van der Waals surface area contributed by atoms with Gasteiger partial charge in [-0.2, -0.15) is 4.39 Å². The molecule has 1 atom stereocenters. The molecule has 0 radical (unpaired) electrons. The topological polar surface area (TPSA) is 64.6 Å². The summed E-state index contributed by atoms with van der Waals surface area (Å²) in [6.45, 7) is 6.00. The van der Waals surface area contributed by atoms with Gasteiger partial charge in [0.05, 0.1) is 22.6 Å². The molecule has 1 N–H and O–H groups in total. The zero-order chi connectivity index (χ0) is 26.9. The number of nitrogens with one attached hydrogen (secondary N) is 1. The van der Waals surface area contributed by atoms with E-state index in [2.05, 4.69) is 5.32 Å². The molecule has 0 aliphatic heterocycles. The molecule has 4 aromatic rings. The van der Waals surface area contributed by atoms with Crippen LogP contribution >= 0.6 is 22.7 Å². The van der Waals surface area contributed by atoms with Crippen molar-refractivity contribution in [2.75, 3.05) is 11.9 Å². The molecule has 0 saturated heterocycles. The van der Waals surface area contributed by atoms with Gasteiger partial charge in [0.15, 0.2) is 5.13 Å². The average Bonchev–Trinajstić information content (AvgIpc) is 3.48. The normalized spacial score (nSPS) is 14.5. The number of aryl methyl sites for hydroxylation is 1. The highest BCUT2D eigenvalue weighted by Gasteiger charge is 2.52. The van der Waals surface area contributed by atoms with Crippen LogP contribution in [0.15, 0.2) is 66.0 Å². The average molecular weight is 550 g/mol. The molecule has 2 aromatic carbocycles. The lowest BCUT2D eigenvalue weighted by atomic mass is 9.93. The Kier molecular flexibility index (Phi) is 7.36. The van der Waals surface area contributed by atoms with Gasteiger partial charge >= 0.3 is 12.1 Å². The van der Waals surface area contributed by atoms with E-state index < -0.39 is 22.7 Å². The summed E-state index contributed by atoms with van der Waals surface area (Å²) < 4.78 is 25.0. The first-order valence-electron chi connectivity index (χ1n) is 12.5. The Morgan fingerprint density at radius 1 is 1.03 bits per heavy atom. The summed E-state index contributed by atoms with van der Waals surface area (Å²) in [7, 11) is 0. The maximum Gasteiger partial charge on any atom is 0.412 e. The smallest absolute Gasteiger partial charge is 0.412 e. The van der Waals surface area contributed by atoms with Gasteiger partial charge in [-0.1, -0.05) is 48.5 Å². The number of thiophene rings is 2. The molecule has 1 aliphatic carbocycles. The van der Waals surface area contributed by atoms with Crippen molar-refractivity contribution in [3.63, 3.8) is 0 Å². The highest BCUT2D eigenvalue weighted by molar-refractivity contribution is 7.14.